The second-order valence-corrected chi connectivity index (χ2v) is 6.08. The molecule has 3 rings (SSSR count). The first-order valence-corrected chi connectivity index (χ1v) is 8.03. The fourth-order valence-corrected chi connectivity index (χ4v) is 3.20. The Kier molecular flexibility index (Phi) is 4.34. The lowest BCUT2D eigenvalue weighted by Crippen LogP contribution is -2.21. The van der Waals surface area contributed by atoms with Crippen molar-refractivity contribution in [2.45, 2.75) is 13.0 Å². The lowest BCUT2D eigenvalue weighted by Gasteiger charge is -2.17. The first-order chi connectivity index (χ1) is 10.2. The SMILES string of the molecule is CCNC(c1cc2cccc(Cl)c2o1)c1ccccc1Br. The lowest BCUT2D eigenvalue weighted by atomic mass is 10.0. The number of hydrogen-bond donors (Lipinski definition) is 1. The van der Waals surface area contributed by atoms with E-state index in [0.29, 0.717) is 5.02 Å². The lowest BCUT2D eigenvalue weighted by molar-refractivity contribution is 0.476. The van der Waals surface area contributed by atoms with Crippen molar-refractivity contribution < 1.29 is 4.42 Å². The summed E-state index contributed by atoms with van der Waals surface area (Å²) in [7, 11) is 0. The third-order valence-corrected chi connectivity index (χ3v) is 4.44. The van der Waals surface area contributed by atoms with E-state index in [1.807, 2.05) is 42.5 Å². The first kappa shape index (κ1) is 14.6. The van der Waals surface area contributed by atoms with Gasteiger partial charge in [-0.1, -0.05) is 64.8 Å². The monoisotopic (exact) mass is 363 g/mol. The van der Waals surface area contributed by atoms with E-state index in [2.05, 4.69) is 34.2 Å². The molecule has 1 aromatic heterocycles. The quantitative estimate of drug-likeness (QED) is 0.657. The standard InChI is InChI=1S/C17H15BrClNO/c1-2-20-16(12-7-3-4-8-13(12)18)15-10-11-6-5-9-14(19)17(11)21-15/h3-10,16,20H,2H2,1H3. The van der Waals surface area contributed by atoms with Crippen LogP contribution in [0.4, 0.5) is 0 Å². The van der Waals surface area contributed by atoms with Crippen molar-refractivity contribution in [3.05, 3.63) is 69.3 Å². The molecular formula is C17H15BrClNO. The molecule has 108 valence electrons. The molecular weight excluding hydrogens is 350 g/mol. The molecule has 0 fully saturated rings. The second-order valence-electron chi connectivity index (χ2n) is 4.82. The van der Waals surface area contributed by atoms with Gasteiger partial charge in [-0.3, -0.25) is 0 Å². The van der Waals surface area contributed by atoms with Gasteiger partial charge in [-0.2, -0.15) is 0 Å². The maximum atomic E-state index is 6.21. The molecule has 1 N–H and O–H groups in total. The summed E-state index contributed by atoms with van der Waals surface area (Å²) in [5.41, 5.74) is 1.89. The highest BCUT2D eigenvalue weighted by Gasteiger charge is 2.20. The average Bonchev–Trinajstić information content (AvgIpc) is 2.91. The first-order valence-electron chi connectivity index (χ1n) is 6.86. The van der Waals surface area contributed by atoms with Gasteiger partial charge in [0.25, 0.3) is 0 Å². The Morgan fingerprint density at radius 3 is 2.71 bits per heavy atom. The Labute approximate surface area is 137 Å². The van der Waals surface area contributed by atoms with Crippen LogP contribution in [0.3, 0.4) is 0 Å². The number of furan rings is 1. The van der Waals surface area contributed by atoms with Gasteiger partial charge in [-0.05, 0) is 30.3 Å². The van der Waals surface area contributed by atoms with E-state index in [9.17, 15) is 0 Å². The van der Waals surface area contributed by atoms with Crippen LogP contribution in [0.5, 0.6) is 0 Å². The van der Waals surface area contributed by atoms with Gasteiger partial charge in [0.15, 0.2) is 5.58 Å². The number of rotatable bonds is 4. The molecule has 4 heteroatoms. The van der Waals surface area contributed by atoms with Crippen LogP contribution in [0.2, 0.25) is 5.02 Å². The molecule has 21 heavy (non-hydrogen) atoms. The predicted octanol–water partition coefficient (Wildman–Crippen LogP) is 5.55. The summed E-state index contributed by atoms with van der Waals surface area (Å²) in [5.74, 6) is 0.867. The van der Waals surface area contributed by atoms with E-state index >= 15 is 0 Å². The fourth-order valence-electron chi connectivity index (χ4n) is 2.47. The summed E-state index contributed by atoms with van der Waals surface area (Å²) in [6.07, 6.45) is 0. The van der Waals surface area contributed by atoms with Gasteiger partial charge in [0.2, 0.25) is 0 Å². The molecule has 1 unspecified atom stereocenters. The molecule has 0 saturated heterocycles. The predicted molar refractivity (Wildman–Crippen MR) is 90.9 cm³/mol. The fraction of sp³-hybridized carbons (Fsp3) is 0.176. The summed E-state index contributed by atoms with van der Waals surface area (Å²) in [5, 5.41) is 5.13. The van der Waals surface area contributed by atoms with Crippen LogP contribution in [-0.2, 0) is 0 Å². The molecule has 0 spiro atoms. The van der Waals surface area contributed by atoms with Crippen molar-refractivity contribution in [1.82, 2.24) is 5.32 Å². The highest BCUT2D eigenvalue weighted by Crippen LogP contribution is 2.34. The van der Waals surface area contributed by atoms with E-state index in [1.54, 1.807) is 0 Å². The zero-order chi connectivity index (χ0) is 14.8. The molecule has 0 aliphatic carbocycles. The number of hydrogen-bond acceptors (Lipinski definition) is 2. The summed E-state index contributed by atoms with van der Waals surface area (Å²) in [6, 6.07) is 16.0. The van der Waals surface area contributed by atoms with Crippen LogP contribution in [0.1, 0.15) is 24.3 Å². The van der Waals surface area contributed by atoms with Gasteiger partial charge in [-0.25, -0.2) is 0 Å². The van der Waals surface area contributed by atoms with Crippen LogP contribution in [-0.4, -0.2) is 6.54 Å². The van der Waals surface area contributed by atoms with Crippen LogP contribution in [0, 0.1) is 0 Å². The summed E-state index contributed by atoms with van der Waals surface area (Å²) < 4.78 is 7.07. The van der Waals surface area contributed by atoms with E-state index in [4.69, 9.17) is 16.0 Å². The minimum Gasteiger partial charge on any atom is -0.457 e. The third-order valence-electron chi connectivity index (χ3n) is 3.42. The average molecular weight is 365 g/mol. The summed E-state index contributed by atoms with van der Waals surface area (Å²) in [4.78, 5) is 0. The maximum Gasteiger partial charge on any atom is 0.152 e. The Morgan fingerprint density at radius 2 is 2.00 bits per heavy atom. The van der Waals surface area contributed by atoms with Gasteiger partial charge < -0.3 is 9.73 Å². The molecule has 2 aromatic carbocycles. The Balaban J connectivity index is 2.11. The highest BCUT2D eigenvalue weighted by atomic mass is 79.9. The van der Waals surface area contributed by atoms with Gasteiger partial charge >= 0.3 is 0 Å². The van der Waals surface area contributed by atoms with Gasteiger partial charge in [0, 0.05) is 9.86 Å². The summed E-state index contributed by atoms with van der Waals surface area (Å²) >= 11 is 9.82. The number of nitrogens with one attached hydrogen (secondary N) is 1. The van der Waals surface area contributed by atoms with Gasteiger partial charge in [0.1, 0.15) is 5.76 Å². The summed E-state index contributed by atoms with van der Waals surface area (Å²) in [6.45, 7) is 2.93. The minimum absolute atomic E-state index is 0.00552. The molecule has 1 atom stereocenters. The molecule has 2 nitrogen and oxygen atoms in total. The number of para-hydroxylation sites is 1. The molecule has 0 aliphatic rings. The smallest absolute Gasteiger partial charge is 0.152 e. The van der Waals surface area contributed by atoms with E-state index in [0.717, 1.165) is 33.3 Å². The van der Waals surface area contributed by atoms with E-state index in [-0.39, 0.29) is 6.04 Å². The zero-order valence-electron chi connectivity index (χ0n) is 11.6. The van der Waals surface area contributed by atoms with Crippen LogP contribution >= 0.6 is 27.5 Å². The normalized spacial score (nSPS) is 12.7. The Hall–Kier alpha value is -1.29. The Morgan fingerprint density at radius 1 is 1.19 bits per heavy atom. The van der Waals surface area contributed by atoms with Gasteiger partial charge in [0.05, 0.1) is 11.1 Å². The van der Waals surface area contributed by atoms with Crippen molar-refractivity contribution in [2.75, 3.05) is 6.54 Å². The van der Waals surface area contributed by atoms with E-state index in [1.165, 1.54) is 0 Å². The van der Waals surface area contributed by atoms with Crippen molar-refractivity contribution in [2.24, 2.45) is 0 Å². The van der Waals surface area contributed by atoms with Gasteiger partial charge in [-0.15, -0.1) is 0 Å². The zero-order valence-corrected chi connectivity index (χ0v) is 13.9. The molecule has 0 bridgehead atoms. The van der Waals surface area contributed by atoms with Crippen molar-refractivity contribution in [3.8, 4) is 0 Å². The van der Waals surface area contributed by atoms with Crippen LogP contribution < -0.4 is 5.32 Å². The van der Waals surface area contributed by atoms with Crippen LogP contribution in [0.25, 0.3) is 11.0 Å². The topological polar surface area (TPSA) is 25.2 Å². The molecule has 0 radical (unpaired) electrons. The van der Waals surface area contributed by atoms with Crippen molar-refractivity contribution in [1.29, 1.82) is 0 Å². The van der Waals surface area contributed by atoms with Crippen molar-refractivity contribution in [3.63, 3.8) is 0 Å². The third kappa shape index (κ3) is 2.86. The number of halogens is 2. The molecule has 3 aromatic rings. The highest BCUT2D eigenvalue weighted by molar-refractivity contribution is 9.10. The molecule has 1 heterocycles. The maximum absolute atomic E-state index is 6.21. The van der Waals surface area contributed by atoms with Crippen molar-refractivity contribution >= 4 is 38.5 Å². The molecule has 0 aliphatic heterocycles. The number of benzene rings is 2. The number of fused-ring (bicyclic) bond motifs is 1. The second kappa shape index (κ2) is 6.22. The van der Waals surface area contributed by atoms with Crippen LogP contribution in [0.15, 0.2) is 57.4 Å². The van der Waals surface area contributed by atoms with E-state index < -0.39 is 0 Å². The molecule has 0 saturated carbocycles. The Bertz CT molecular complexity index is 768. The molecule has 0 amide bonds. The largest absolute Gasteiger partial charge is 0.457 e. The minimum atomic E-state index is -0.00552.